The standard InChI is InChI=1S/C22H30N2O6S/c1-5-24(6-2)31(26,27)19-11-12-21(30-18-9-7-17(3)8-10-18)20(15-19)23-22(25)16-29-14-13-28-4/h7-12,15H,5-6,13-14,16H2,1-4H3,(H,23,25). The molecule has 0 aliphatic heterocycles. The molecule has 8 nitrogen and oxygen atoms in total. The van der Waals surface area contributed by atoms with Crippen molar-refractivity contribution in [3.8, 4) is 11.5 Å². The molecule has 170 valence electrons. The van der Waals surface area contributed by atoms with Gasteiger partial charge in [0.15, 0.2) is 5.75 Å². The maximum Gasteiger partial charge on any atom is 0.250 e. The van der Waals surface area contributed by atoms with Crippen LogP contribution in [0.15, 0.2) is 47.4 Å². The number of methoxy groups -OCH3 is 1. The first-order valence-electron chi connectivity index (χ1n) is 10.1. The number of aryl methyl sites for hydroxylation is 1. The van der Waals surface area contributed by atoms with Crippen LogP contribution in [0.25, 0.3) is 0 Å². The summed E-state index contributed by atoms with van der Waals surface area (Å²) in [5, 5.41) is 2.69. The molecule has 0 radical (unpaired) electrons. The van der Waals surface area contributed by atoms with Crippen molar-refractivity contribution < 1.29 is 27.4 Å². The molecule has 2 aromatic carbocycles. The summed E-state index contributed by atoms with van der Waals surface area (Å²) in [4.78, 5) is 12.4. The minimum atomic E-state index is -3.70. The fraction of sp³-hybridized carbons (Fsp3) is 0.409. The second-order valence-corrected chi connectivity index (χ2v) is 8.69. The Balaban J connectivity index is 2.33. The summed E-state index contributed by atoms with van der Waals surface area (Å²) in [5.41, 5.74) is 1.32. The quantitative estimate of drug-likeness (QED) is 0.498. The van der Waals surface area contributed by atoms with E-state index in [2.05, 4.69) is 5.32 Å². The molecule has 31 heavy (non-hydrogen) atoms. The Morgan fingerprint density at radius 1 is 1.03 bits per heavy atom. The Morgan fingerprint density at radius 3 is 2.32 bits per heavy atom. The predicted molar refractivity (Wildman–Crippen MR) is 119 cm³/mol. The van der Waals surface area contributed by atoms with Crippen LogP contribution in [0, 0.1) is 6.92 Å². The third kappa shape index (κ3) is 7.03. The summed E-state index contributed by atoms with van der Waals surface area (Å²) in [5.74, 6) is 0.464. The molecule has 2 aromatic rings. The van der Waals surface area contributed by atoms with Crippen molar-refractivity contribution >= 4 is 21.6 Å². The highest BCUT2D eigenvalue weighted by Crippen LogP contribution is 2.33. The van der Waals surface area contributed by atoms with Crippen LogP contribution < -0.4 is 10.1 Å². The van der Waals surface area contributed by atoms with Crippen molar-refractivity contribution in [2.45, 2.75) is 25.7 Å². The minimum Gasteiger partial charge on any atom is -0.455 e. The molecule has 0 unspecified atom stereocenters. The Labute approximate surface area is 184 Å². The van der Waals surface area contributed by atoms with Crippen LogP contribution in [0.3, 0.4) is 0 Å². The van der Waals surface area contributed by atoms with E-state index in [0.29, 0.717) is 31.2 Å². The van der Waals surface area contributed by atoms with Gasteiger partial charge in [0.25, 0.3) is 0 Å². The minimum absolute atomic E-state index is 0.0723. The predicted octanol–water partition coefficient (Wildman–Crippen LogP) is 3.42. The SMILES string of the molecule is CCN(CC)S(=O)(=O)c1ccc(Oc2ccc(C)cc2)c(NC(=O)COCCOC)c1. The lowest BCUT2D eigenvalue weighted by Gasteiger charge is -2.20. The third-order valence-electron chi connectivity index (χ3n) is 4.48. The number of nitrogens with one attached hydrogen (secondary N) is 1. The number of benzene rings is 2. The van der Waals surface area contributed by atoms with Crippen molar-refractivity contribution in [1.82, 2.24) is 4.31 Å². The van der Waals surface area contributed by atoms with Crippen molar-refractivity contribution in [3.63, 3.8) is 0 Å². The van der Waals surface area contributed by atoms with Gasteiger partial charge in [0, 0.05) is 20.2 Å². The van der Waals surface area contributed by atoms with Gasteiger partial charge >= 0.3 is 0 Å². The molecule has 0 atom stereocenters. The van der Waals surface area contributed by atoms with E-state index >= 15 is 0 Å². The van der Waals surface area contributed by atoms with Crippen LogP contribution >= 0.6 is 0 Å². The molecule has 0 aromatic heterocycles. The highest BCUT2D eigenvalue weighted by Gasteiger charge is 2.23. The van der Waals surface area contributed by atoms with Gasteiger partial charge in [-0.3, -0.25) is 4.79 Å². The highest BCUT2D eigenvalue weighted by molar-refractivity contribution is 7.89. The Morgan fingerprint density at radius 2 is 1.71 bits per heavy atom. The summed E-state index contributed by atoms with van der Waals surface area (Å²) in [6.07, 6.45) is 0. The first kappa shape index (κ1) is 24.8. The average Bonchev–Trinajstić information content (AvgIpc) is 2.74. The zero-order valence-corrected chi connectivity index (χ0v) is 19.2. The molecule has 0 fully saturated rings. The molecule has 2 rings (SSSR count). The van der Waals surface area contributed by atoms with Crippen LogP contribution in [0.5, 0.6) is 11.5 Å². The number of carbonyl (C=O) groups excluding carboxylic acids is 1. The van der Waals surface area contributed by atoms with Gasteiger partial charge in [-0.25, -0.2) is 8.42 Å². The van der Waals surface area contributed by atoms with Gasteiger partial charge in [0.2, 0.25) is 15.9 Å². The molecule has 0 bridgehead atoms. The fourth-order valence-corrected chi connectivity index (χ4v) is 4.28. The summed E-state index contributed by atoms with van der Waals surface area (Å²) in [7, 11) is -2.16. The first-order valence-corrected chi connectivity index (χ1v) is 11.5. The summed E-state index contributed by atoms with van der Waals surface area (Å²) >= 11 is 0. The maximum absolute atomic E-state index is 12.9. The molecule has 0 saturated carbocycles. The normalized spacial score (nSPS) is 11.5. The van der Waals surface area contributed by atoms with Crippen LogP contribution in [-0.4, -0.2) is 58.7 Å². The first-order chi connectivity index (χ1) is 14.8. The molecule has 0 aliphatic carbocycles. The molecule has 1 N–H and O–H groups in total. The largest absolute Gasteiger partial charge is 0.455 e. The number of carbonyl (C=O) groups is 1. The Bertz CT molecular complexity index is 956. The van der Waals surface area contributed by atoms with Crippen LogP contribution in [0.4, 0.5) is 5.69 Å². The fourth-order valence-electron chi connectivity index (χ4n) is 2.80. The average molecular weight is 451 g/mol. The number of nitrogens with zero attached hydrogens (tertiary/aromatic N) is 1. The van der Waals surface area contributed by atoms with Crippen molar-refractivity contribution in [3.05, 3.63) is 48.0 Å². The van der Waals surface area contributed by atoms with Gasteiger partial charge in [0.05, 0.1) is 23.8 Å². The molecular weight excluding hydrogens is 420 g/mol. The Kier molecular flexibility index (Phi) is 9.44. The van der Waals surface area contributed by atoms with Gasteiger partial charge in [-0.1, -0.05) is 31.5 Å². The topological polar surface area (TPSA) is 94.2 Å². The van der Waals surface area contributed by atoms with E-state index < -0.39 is 15.9 Å². The van der Waals surface area contributed by atoms with E-state index in [1.54, 1.807) is 33.1 Å². The number of hydrogen-bond donors (Lipinski definition) is 1. The van der Waals surface area contributed by atoms with E-state index in [9.17, 15) is 13.2 Å². The summed E-state index contributed by atoms with van der Waals surface area (Å²) in [6, 6.07) is 11.8. The third-order valence-corrected chi connectivity index (χ3v) is 6.53. The smallest absolute Gasteiger partial charge is 0.250 e. The zero-order valence-electron chi connectivity index (χ0n) is 18.4. The molecule has 0 aliphatic rings. The lowest BCUT2D eigenvalue weighted by atomic mass is 10.2. The van der Waals surface area contributed by atoms with Crippen molar-refractivity contribution in [1.29, 1.82) is 0 Å². The van der Waals surface area contributed by atoms with E-state index in [0.717, 1.165) is 5.56 Å². The molecule has 0 heterocycles. The Hall–Kier alpha value is -2.46. The van der Waals surface area contributed by atoms with Crippen LogP contribution in [0.1, 0.15) is 19.4 Å². The summed E-state index contributed by atoms with van der Waals surface area (Å²) < 4.78 is 43.2. The van der Waals surface area contributed by atoms with E-state index in [-0.39, 0.29) is 23.8 Å². The molecule has 9 heteroatoms. The molecule has 0 spiro atoms. The second-order valence-electron chi connectivity index (χ2n) is 6.76. The van der Waals surface area contributed by atoms with E-state index in [1.165, 1.54) is 22.5 Å². The zero-order chi connectivity index (χ0) is 22.9. The van der Waals surface area contributed by atoms with Crippen molar-refractivity contribution in [2.75, 3.05) is 45.3 Å². The number of amides is 1. The summed E-state index contributed by atoms with van der Waals surface area (Å²) in [6.45, 7) is 6.64. The van der Waals surface area contributed by atoms with Crippen LogP contribution in [0.2, 0.25) is 0 Å². The molecule has 1 amide bonds. The number of hydrogen-bond acceptors (Lipinski definition) is 6. The molecule has 0 saturated heterocycles. The number of rotatable bonds is 12. The van der Waals surface area contributed by atoms with Gasteiger partial charge < -0.3 is 19.5 Å². The van der Waals surface area contributed by atoms with E-state index in [1.807, 2.05) is 19.1 Å². The van der Waals surface area contributed by atoms with Gasteiger partial charge in [-0.2, -0.15) is 4.31 Å². The lowest BCUT2D eigenvalue weighted by molar-refractivity contribution is -0.121. The van der Waals surface area contributed by atoms with Gasteiger partial charge in [-0.05, 0) is 37.3 Å². The highest BCUT2D eigenvalue weighted by atomic mass is 32.2. The number of ether oxygens (including phenoxy) is 3. The monoisotopic (exact) mass is 450 g/mol. The van der Waals surface area contributed by atoms with Crippen molar-refractivity contribution in [2.24, 2.45) is 0 Å². The molecular formula is C22H30N2O6S. The van der Waals surface area contributed by atoms with E-state index in [4.69, 9.17) is 14.2 Å². The van der Waals surface area contributed by atoms with Crippen LogP contribution in [-0.2, 0) is 24.3 Å². The maximum atomic E-state index is 12.9. The number of sulfonamides is 1. The second kappa shape index (κ2) is 11.8. The number of anilines is 1. The van der Waals surface area contributed by atoms with Gasteiger partial charge in [0.1, 0.15) is 12.4 Å². The lowest BCUT2D eigenvalue weighted by Crippen LogP contribution is -2.30. The van der Waals surface area contributed by atoms with Gasteiger partial charge in [-0.15, -0.1) is 0 Å².